The molecule has 1 aromatic heterocycles. The van der Waals surface area contributed by atoms with E-state index in [1.807, 2.05) is 0 Å². The van der Waals surface area contributed by atoms with Crippen molar-refractivity contribution >= 4 is 17.5 Å². The molecule has 1 amide bonds. The van der Waals surface area contributed by atoms with E-state index in [4.69, 9.17) is 16.3 Å². The van der Waals surface area contributed by atoms with Crippen molar-refractivity contribution in [3.8, 4) is 5.75 Å². The minimum absolute atomic E-state index is 0.0143. The molecule has 2 heterocycles. The van der Waals surface area contributed by atoms with Crippen molar-refractivity contribution in [2.45, 2.75) is 38.6 Å². The lowest BCUT2D eigenvalue weighted by Crippen LogP contribution is -2.31. The molecule has 1 aromatic carbocycles. The molecule has 0 fully saturated rings. The van der Waals surface area contributed by atoms with Gasteiger partial charge < -0.3 is 14.6 Å². The van der Waals surface area contributed by atoms with E-state index in [2.05, 4.69) is 20.1 Å². The van der Waals surface area contributed by atoms with Gasteiger partial charge in [-0.05, 0) is 37.1 Å². The van der Waals surface area contributed by atoms with Crippen molar-refractivity contribution in [1.29, 1.82) is 0 Å². The normalized spacial score (nSPS) is 13.9. The summed E-state index contributed by atoms with van der Waals surface area (Å²) in [7, 11) is 0. The van der Waals surface area contributed by atoms with Gasteiger partial charge in [0.15, 0.2) is 6.61 Å². The number of ether oxygens (including phenoxy) is 1. The van der Waals surface area contributed by atoms with Crippen LogP contribution in [-0.4, -0.2) is 33.8 Å². The highest BCUT2D eigenvalue weighted by atomic mass is 35.5. The van der Waals surface area contributed by atoms with Crippen LogP contribution in [0.2, 0.25) is 5.02 Å². The predicted octanol–water partition coefficient (Wildman–Crippen LogP) is 2.40. The van der Waals surface area contributed by atoms with Gasteiger partial charge in [-0.2, -0.15) is 0 Å². The zero-order valence-corrected chi connectivity index (χ0v) is 14.3. The number of hydrogen-bond donors (Lipinski definition) is 1. The number of rotatable bonds is 6. The summed E-state index contributed by atoms with van der Waals surface area (Å²) in [6.45, 7) is 1.49. The fourth-order valence-electron chi connectivity index (χ4n) is 2.77. The minimum atomic E-state index is -0.152. The highest BCUT2D eigenvalue weighted by molar-refractivity contribution is 6.30. The Morgan fingerprint density at radius 1 is 1.21 bits per heavy atom. The van der Waals surface area contributed by atoms with Gasteiger partial charge in [-0.15, -0.1) is 10.2 Å². The van der Waals surface area contributed by atoms with E-state index in [1.165, 1.54) is 19.3 Å². The van der Waals surface area contributed by atoms with Crippen molar-refractivity contribution in [3.63, 3.8) is 0 Å². The number of carbonyl (C=O) groups excluding carboxylic acids is 1. The lowest BCUT2D eigenvalue weighted by atomic mass is 10.2. The standard InChI is InChI=1S/C17H21ClN4O2/c18-13-5-7-14(8-6-13)24-12-17(23)19-10-9-16-21-20-15-4-2-1-3-11-22(15)16/h5-8H,1-4,9-12H2,(H,19,23). The number of aromatic nitrogens is 3. The second-order valence-corrected chi connectivity index (χ2v) is 6.27. The highest BCUT2D eigenvalue weighted by Crippen LogP contribution is 2.15. The van der Waals surface area contributed by atoms with Gasteiger partial charge >= 0.3 is 0 Å². The van der Waals surface area contributed by atoms with Crippen molar-refractivity contribution in [3.05, 3.63) is 40.9 Å². The molecule has 0 spiro atoms. The summed E-state index contributed by atoms with van der Waals surface area (Å²) in [5.41, 5.74) is 0. The Bertz CT molecular complexity index is 684. The molecule has 6 nitrogen and oxygen atoms in total. The molecule has 0 bridgehead atoms. The van der Waals surface area contributed by atoms with E-state index in [-0.39, 0.29) is 12.5 Å². The maximum atomic E-state index is 11.9. The zero-order chi connectivity index (χ0) is 16.8. The summed E-state index contributed by atoms with van der Waals surface area (Å²) in [4.78, 5) is 11.9. The van der Waals surface area contributed by atoms with E-state index in [9.17, 15) is 4.79 Å². The third-order valence-electron chi connectivity index (χ3n) is 4.04. The van der Waals surface area contributed by atoms with Crippen LogP contribution in [0.1, 0.15) is 30.9 Å². The number of halogens is 1. The Labute approximate surface area is 146 Å². The van der Waals surface area contributed by atoms with Crippen LogP contribution >= 0.6 is 11.6 Å². The number of aryl methyl sites for hydroxylation is 1. The van der Waals surface area contributed by atoms with Gasteiger partial charge in [0, 0.05) is 31.0 Å². The Morgan fingerprint density at radius 2 is 2.04 bits per heavy atom. The number of benzene rings is 1. The van der Waals surface area contributed by atoms with Gasteiger partial charge in [-0.25, -0.2) is 0 Å². The quantitative estimate of drug-likeness (QED) is 0.870. The SMILES string of the molecule is O=C(COc1ccc(Cl)cc1)NCCc1nnc2n1CCCCC2. The molecule has 0 unspecified atom stereocenters. The van der Waals surface area contributed by atoms with Crippen molar-refractivity contribution in [1.82, 2.24) is 20.1 Å². The first-order chi connectivity index (χ1) is 11.7. The molecule has 0 saturated heterocycles. The molecular weight excluding hydrogens is 328 g/mol. The van der Waals surface area contributed by atoms with Gasteiger partial charge in [-0.3, -0.25) is 4.79 Å². The Morgan fingerprint density at radius 3 is 2.88 bits per heavy atom. The average Bonchev–Trinajstić information content (AvgIpc) is 2.81. The number of fused-ring (bicyclic) bond motifs is 1. The van der Waals surface area contributed by atoms with Gasteiger partial charge in [-0.1, -0.05) is 18.0 Å². The summed E-state index contributed by atoms with van der Waals surface area (Å²) in [5.74, 6) is 2.49. The zero-order valence-electron chi connectivity index (χ0n) is 13.5. The van der Waals surface area contributed by atoms with E-state index in [0.29, 0.717) is 23.7 Å². The molecule has 0 aliphatic carbocycles. The minimum Gasteiger partial charge on any atom is -0.484 e. The first-order valence-corrected chi connectivity index (χ1v) is 8.66. The van der Waals surface area contributed by atoms with Crippen LogP contribution in [0.15, 0.2) is 24.3 Å². The Hall–Kier alpha value is -2.08. The number of hydrogen-bond acceptors (Lipinski definition) is 4. The summed E-state index contributed by atoms with van der Waals surface area (Å²) >= 11 is 5.80. The number of amides is 1. The smallest absolute Gasteiger partial charge is 0.257 e. The fraction of sp³-hybridized carbons (Fsp3) is 0.471. The number of carbonyl (C=O) groups is 1. The Balaban J connectivity index is 1.42. The van der Waals surface area contributed by atoms with Gasteiger partial charge in [0.2, 0.25) is 0 Å². The molecule has 1 aliphatic heterocycles. The van der Waals surface area contributed by atoms with Gasteiger partial charge in [0.05, 0.1) is 0 Å². The lowest BCUT2D eigenvalue weighted by molar-refractivity contribution is -0.123. The number of nitrogens with zero attached hydrogens (tertiary/aromatic N) is 3. The summed E-state index contributed by atoms with van der Waals surface area (Å²) < 4.78 is 7.61. The van der Waals surface area contributed by atoms with Crippen LogP contribution in [0, 0.1) is 0 Å². The third kappa shape index (κ3) is 4.47. The third-order valence-corrected chi connectivity index (χ3v) is 4.29. The van der Waals surface area contributed by atoms with Crippen molar-refractivity contribution in [2.75, 3.05) is 13.2 Å². The molecular formula is C17H21ClN4O2. The molecule has 1 aliphatic rings. The second kappa shape index (κ2) is 8.15. The van der Waals surface area contributed by atoms with E-state index >= 15 is 0 Å². The van der Waals surface area contributed by atoms with Crippen LogP contribution in [0.5, 0.6) is 5.75 Å². The van der Waals surface area contributed by atoms with E-state index < -0.39 is 0 Å². The van der Waals surface area contributed by atoms with Crippen LogP contribution in [0.25, 0.3) is 0 Å². The molecule has 2 aromatic rings. The average molecular weight is 349 g/mol. The highest BCUT2D eigenvalue weighted by Gasteiger charge is 2.14. The maximum Gasteiger partial charge on any atom is 0.257 e. The lowest BCUT2D eigenvalue weighted by Gasteiger charge is -2.09. The molecule has 0 radical (unpaired) electrons. The Kier molecular flexibility index (Phi) is 5.69. The van der Waals surface area contributed by atoms with Crippen LogP contribution < -0.4 is 10.1 Å². The molecule has 128 valence electrons. The summed E-state index contributed by atoms with van der Waals surface area (Å²) in [6, 6.07) is 6.93. The second-order valence-electron chi connectivity index (χ2n) is 5.84. The summed E-state index contributed by atoms with van der Waals surface area (Å²) in [6.07, 6.45) is 5.26. The van der Waals surface area contributed by atoms with Gasteiger partial charge in [0.1, 0.15) is 17.4 Å². The largest absolute Gasteiger partial charge is 0.484 e. The first-order valence-electron chi connectivity index (χ1n) is 8.28. The molecule has 1 N–H and O–H groups in total. The van der Waals surface area contributed by atoms with Crippen LogP contribution in [0.4, 0.5) is 0 Å². The fourth-order valence-corrected chi connectivity index (χ4v) is 2.90. The molecule has 24 heavy (non-hydrogen) atoms. The maximum absolute atomic E-state index is 11.9. The predicted molar refractivity (Wildman–Crippen MR) is 91.2 cm³/mol. The topological polar surface area (TPSA) is 69.0 Å². The van der Waals surface area contributed by atoms with Gasteiger partial charge in [0.25, 0.3) is 5.91 Å². The first kappa shape index (κ1) is 16.8. The van der Waals surface area contributed by atoms with E-state index in [1.54, 1.807) is 24.3 Å². The molecule has 7 heteroatoms. The van der Waals surface area contributed by atoms with Crippen molar-refractivity contribution in [2.24, 2.45) is 0 Å². The van der Waals surface area contributed by atoms with Crippen molar-refractivity contribution < 1.29 is 9.53 Å². The van der Waals surface area contributed by atoms with Crippen LogP contribution in [0.3, 0.4) is 0 Å². The monoisotopic (exact) mass is 348 g/mol. The molecule has 3 rings (SSSR count). The van der Waals surface area contributed by atoms with E-state index in [0.717, 1.165) is 24.6 Å². The number of nitrogens with one attached hydrogen (secondary N) is 1. The van der Waals surface area contributed by atoms with Crippen LogP contribution in [-0.2, 0) is 24.2 Å². The molecule has 0 saturated carbocycles. The summed E-state index contributed by atoms with van der Waals surface area (Å²) in [5, 5.41) is 12.0. The molecule has 0 atom stereocenters.